The number of aliphatic hydroxyl groups excluding tert-OH is 1. The lowest BCUT2D eigenvalue weighted by Gasteiger charge is -2.36. The third-order valence-electron chi connectivity index (χ3n) is 4.64. The highest BCUT2D eigenvalue weighted by molar-refractivity contribution is 4.79. The van der Waals surface area contributed by atoms with Crippen molar-refractivity contribution in [1.82, 2.24) is 4.90 Å². The van der Waals surface area contributed by atoms with Crippen molar-refractivity contribution < 1.29 is 9.84 Å². The number of methoxy groups -OCH3 is 1. The predicted molar refractivity (Wildman–Crippen MR) is 73.6 cm³/mol. The van der Waals surface area contributed by atoms with Gasteiger partial charge in [-0.25, -0.2) is 0 Å². The zero-order chi connectivity index (χ0) is 12.8. The van der Waals surface area contributed by atoms with Crippen LogP contribution >= 0.6 is 0 Å². The maximum atomic E-state index is 10.4. The summed E-state index contributed by atoms with van der Waals surface area (Å²) in [4.78, 5) is 2.45. The van der Waals surface area contributed by atoms with Gasteiger partial charge in [0.2, 0.25) is 0 Å². The molecule has 18 heavy (non-hydrogen) atoms. The number of rotatable bonds is 5. The van der Waals surface area contributed by atoms with Gasteiger partial charge >= 0.3 is 0 Å². The Morgan fingerprint density at radius 2 is 1.94 bits per heavy atom. The van der Waals surface area contributed by atoms with Crippen LogP contribution in [0.15, 0.2) is 0 Å². The average molecular weight is 255 g/mol. The normalized spacial score (nSPS) is 29.3. The van der Waals surface area contributed by atoms with Crippen molar-refractivity contribution >= 4 is 0 Å². The summed E-state index contributed by atoms with van der Waals surface area (Å²) < 4.78 is 5.26. The van der Waals surface area contributed by atoms with Crippen LogP contribution < -0.4 is 0 Å². The second-order valence-electron chi connectivity index (χ2n) is 6.19. The van der Waals surface area contributed by atoms with Crippen molar-refractivity contribution in [2.45, 2.75) is 51.0 Å². The monoisotopic (exact) mass is 255 g/mol. The van der Waals surface area contributed by atoms with E-state index in [9.17, 15) is 5.11 Å². The highest BCUT2D eigenvalue weighted by atomic mass is 16.5. The van der Waals surface area contributed by atoms with E-state index in [0.717, 1.165) is 26.2 Å². The third kappa shape index (κ3) is 4.22. The van der Waals surface area contributed by atoms with E-state index in [1.807, 2.05) is 0 Å². The van der Waals surface area contributed by atoms with Gasteiger partial charge in [-0.05, 0) is 44.1 Å². The summed E-state index contributed by atoms with van der Waals surface area (Å²) in [6.07, 6.45) is 8.89. The Balaban J connectivity index is 1.73. The Hall–Kier alpha value is -0.120. The molecule has 1 aliphatic carbocycles. The summed E-state index contributed by atoms with van der Waals surface area (Å²) in [6, 6.07) is 0. The maximum absolute atomic E-state index is 10.4. The summed E-state index contributed by atoms with van der Waals surface area (Å²) in [5.41, 5.74) is 0. The first-order chi connectivity index (χ1) is 8.79. The standard InChI is InChI=1S/C15H29NO2/c1-18-12-13-6-5-9-16(10-13)11-15(17)14-7-3-2-4-8-14/h13-15,17H,2-12H2,1H3. The van der Waals surface area contributed by atoms with Gasteiger partial charge in [-0.2, -0.15) is 0 Å². The second kappa shape index (κ2) is 7.46. The molecule has 106 valence electrons. The maximum Gasteiger partial charge on any atom is 0.0695 e. The zero-order valence-electron chi connectivity index (χ0n) is 11.8. The smallest absolute Gasteiger partial charge is 0.0695 e. The topological polar surface area (TPSA) is 32.7 Å². The lowest BCUT2D eigenvalue weighted by molar-refractivity contribution is 0.0228. The molecule has 2 aliphatic rings. The van der Waals surface area contributed by atoms with Crippen molar-refractivity contribution in [3.63, 3.8) is 0 Å². The van der Waals surface area contributed by atoms with Crippen LogP contribution in [0.1, 0.15) is 44.9 Å². The first kappa shape index (κ1) is 14.3. The minimum absolute atomic E-state index is 0.105. The van der Waals surface area contributed by atoms with E-state index < -0.39 is 0 Å². The van der Waals surface area contributed by atoms with E-state index in [-0.39, 0.29) is 6.10 Å². The molecule has 0 aromatic heterocycles. The van der Waals surface area contributed by atoms with Crippen molar-refractivity contribution in [3.05, 3.63) is 0 Å². The molecule has 1 saturated heterocycles. The second-order valence-corrected chi connectivity index (χ2v) is 6.19. The number of piperidine rings is 1. The van der Waals surface area contributed by atoms with Gasteiger partial charge in [-0.1, -0.05) is 19.3 Å². The van der Waals surface area contributed by atoms with Crippen LogP contribution in [0, 0.1) is 11.8 Å². The summed E-state index contributed by atoms with van der Waals surface area (Å²) in [7, 11) is 1.79. The highest BCUT2D eigenvalue weighted by Crippen LogP contribution is 2.27. The number of hydrogen-bond acceptors (Lipinski definition) is 3. The van der Waals surface area contributed by atoms with Crippen LogP contribution in [0.4, 0.5) is 0 Å². The number of nitrogens with zero attached hydrogens (tertiary/aromatic N) is 1. The van der Waals surface area contributed by atoms with E-state index >= 15 is 0 Å². The van der Waals surface area contributed by atoms with Gasteiger partial charge in [0.15, 0.2) is 0 Å². The van der Waals surface area contributed by atoms with Crippen LogP contribution in [0.3, 0.4) is 0 Å². The summed E-state index contributed by atoms with van der Waals surface area (Å²) in [6.45, 7) is 4.02. The molecule has 1 saturated carbocycles. The van der Waals surface area contributed by atoms with Gasteiger partial charge in [0, 0.05) is 20.2 Å². The molecule has 0 amide bonds. The van der Waals surface area contributed by atoms with Gasteiger partial charge in [0.05, 0.1) is 12.7 Å². The molecule has 0 aromatic carbocycles. The number of ether oxygens (including phenoxy) is 1. The molecule has 2 fully saturated rings. The SMILES string of the molecule is COCC1CCCN(CC(O)C2CCCCC2)C1. The first-order valence-corrected chi connectivity index (χ1v) is 7.69. The van der Waals surface area contributed by atoms with Gasteiger partial charge < -0.3 is 14.7 Å². The summed E-state index contributed by atoms with van der Waals surface area (Å²) >= 11 is 0. The lowest BCUT2D eigenvalue weighted by atomic mass is 9.85. The Morgan fingerprint density at radius 1 is 1.17 bits per heavy atom. The van der Waals surface area contributed by atoms with Crippen molar-refractivity contribution in [3.8, 4) is 0 Å². The molecule has 1 heterocycles. The number of hydrogen-bond donors (Lipinski definition) is 1. The van der Waals surface area contributed by atoms with E-state index in [1.54, 1.807) is 7.11 Å². The van der Waals surface area contributed by atoms with Gasteiger partial charge in [-0.15, -0.1) is 0 Å². The number of likely N-dealkylation sites (tertiary alicyclic amines) is 1. The van der Waals surface area contributed by atoms with Crippen LogP contribution in [0.25, 0.3) is 0 Å². The molecule has 2 unspecified atom stereocenters. The molecule has 0 radical (unpaired) electrons. The summed E-state index contributed by atoms with van der Waals surface area (Å²) in [5, 5.41) is 10.4. The fourth-order valence-electron chi connectivity index (χ4n) is 3.62. The quantitative estimate of drug-likeness (QED) is 0.818. The van der Waals surface area contributed by atoms with Gasteiger partial charge in [-0.3, -0.25) is 0 Å². The molecule has 0 aromatic rings. The van der Waals surface area contributed by atoms with E-state index in [0.29, 0.717) is 11.8 Å². The molecule has 2 rings (SSSR count). The molecular formula is C15H29NO2. The van der Waals surface area contributed by atoms with Crippen LogP contribution in [-0.2, 0) is 4.74 Å². The first-order valence-electron chi connectivity index (χ1n) is 7.69. The summed E-state index contributed by atoms with van der Waals surface area (Å²) in [5.74, 6) is 1.23. The molecule has 3 heteroatoms. The molecule has 0 spiro atoms. The minimum Gasteiger partial charge on any atom is -0.392 e. The molecular weight excluding hydrogens is 226 g/mol. The minimum atomic E-state index is -0.105. The third-order valence-corrected chi connectivity index (χ3v) is 4.64. The Kier molecular flexibility index (Phi) is 5.93. The lowest BCUT2D eigenvalue weighted by Crippen LogP contribution is -2.43. The number of β-amino-alcohol motifs (C(OH)–C–C–N with tert-alkyl or cyclic N) is 1. The van der Waals surface area contributed by atoms with Crippen LogP contribution in [0.2, 0.25) is 0 Å². The molecule has 2 atom stereocenters. The largest absolute Gasteiger partial charge is 0.392 e. The van der Waals surface area contributed by atoms with Crippen molar-refractivity contribution in [1.29, 1.82) is 0 Å². The number of aliphatic hydroxyl groups is 1. The predicted octanol–water partition coefficient (Wildman–Crippen LogP) is 2.29. The Morgan fingerprint density at radius 3 is 2.67 bits per heavy atom. The molecule has 1 N–H and O–H groups in total. The van der Waals surface area contributed by atoms with E-state index in [4.69, 9.17) is 4.74 Å². The molecule has 1 aliphatic heterocycles. The van der Waals surface area contributed by atoms with Gasteiger partial charge in [0.25, 0.3) is 0 Å². The van der Waals surface area contributed by atoms with Crippen LogP contribution in [-0.4, -0.2) is 49.5 Å². The fourth-order valence-corrected chi connectivity index (χ4v) is 3.62. The zero-order valence-corrected chi connectivity index (χ0v) is 11.8. The molecule has 0 bridgehead atoms. The van der Waals surface area contributed by atoms with E-state index in [1.165, 1.54) is 44.9 Å². The van der Waals surface area contributed by atoms with E-state index in [2.05, 4.69) is 4.90 Å². The van der Waals surface area contributed by atoms with Gasteiger partial charge in [0.1, 0.15) is 0 Å². The van der Waals surface area contributed by atoms with Crippen molar-refractivity contribution in [2.24, 2.45) is 11.8 Å². The molecule has 3 nitrogen and oxygen atoms in total. The Labute approximate surface area is 112 Å². The Bertz CT molecular complexity index is 227. The fraction of sp³-hybridized carbons (Fsp3) is 1.00. The average Bonchev–Trinajstić information content (AvgIpc) is 2.40. The highest BCUT2D eigenvalue weighted by Gasteiger charge is 2.26. The van der Waals surface area contributed by atoms with Crippen LogP contribution in [0.5, 0.6) is 0 Å². The van der Waals surface area contributed by atoms with Crippen molar-refractivity contribution in [2.75, 3.05) is 33.4 Å².